The number of carbonyl (C=O) groups is 2. The Morgan fingerprint density at radius 3 is 2.52 bits per heavy atom. The minimum Gasteiger partial charge on any atom is -0.478 e. The highest BCUT2D eigenvalue weighted by Crippen LogP contribution is 2.43. The van der Waals surface area contributed by atoms with Gasteiger partial charge in [-0.25, -0.2) is 9.78 Å². The molecule has 0 aliphatic heterocycles. The van der Waals surface area contributed by atoms with Gasteiger partial charge in [-0.3, -0.25) is 9.78 Å². The lowest BCUT2D eigenvalue weighted by molar-refractivity contribution is -0.131. The number of imidazole rings is 1. The Kier molecular flexibility index (Phi) is 7.07. The number of fused-ring (bicyclic) bond motifs is 2. The number of aromatic nitrogens is 4. The van der Waals surface area contributed by atoms with E-state index in [9.17, 15) is 9.59 Å². The van der Waals surface area contributed by atoms with E-state index >= 15 is 0 Å². The Morgan fingerprint density at radius 2 is 1.82 bits per heavy atom. The second kappa shape index (κ2) is 11.1. The number of carboxylic acids is 1. The monoisotopic (exact) mass is 587 g/mol. The van der Waals surface area contributed by atoms with Crippen molar-refractivity contribution in [3.8, 4) is 11.4 Å². The zero-order chi connectivity index (χ0) is 30.4. The molecular weight excluding hydrogens is 550 g/mol. The van der Waals surface area contributed by atoms with E-state index in [-0.39, 0.29) is 5.91 Å². The predicted octanol–water partition coefficient (Wildman–Crippen LogP) is 7.31. The summed E-state index contributed by atoms with van der Waals surface area (Å²) in [5, 5.41) is 13.5. The van der Waals surface area contributed by atoms with E-state index in [0.29, 0.717) is 11.6 Å². The van der Waals surface area contributed by atoms with Gasteiger partial charge in [-0.2, -0.15) is 0 Å². The maximum Gasteiger partial charge on any atom is 0.328 e. The molecule has 5 aromatic rings. The van der Waals surface area contributed by atoms with Crippen molar-refractivity contribution >= 4 is 39.9 Å². The largest absolute Gasteiger partial charge is 0.478 e. The van der Waals surface area contributed by atoms with Gasteiger partial charge in [0.1, 0.15) is 5.82 Å². The minimum atomic E-state index is -0.987. The van der Waals surface area contributed by atoms with Gasteiger partial charge < -0.3 is 19.6 Å². The molecule has 8 nitrogen and oxygen atoms in total. The van der Waals surface area contributed by atoms with E-state index in [4.69, 9.17) is 15.1 Å². The number of nitrogens with one attached hydrogen (secondary N) is 1. The van der Waals surface area contributed by atoms with Gasteiger partial charge in [-0.1, -0.05) is 31.4 Å². The molecule has 1 amide bonds. The maximum atomic E-state index is 13.9. The number of hydrogen-bond acceptors (Lipinski definition) is 4. The van der Waals surface area contributed by atoms with Crippen LogP contribution in [0.5, 0.6) is 0 Å². The lowest BCUT2D eigenvalue weighted by atomic mass is 9.75. The third kappa shape index (κ3) is 4.78. The van der Waals surface area contributed by atoms with E-state index in [0.717, 1.165) is 88.5 Å². The summed E-state index contributed by atoms with van der Waals surface area (Å²) in [6, 6.07) is 18.3. The smallest absolute Gasteiger partial charge is 0.328 e. The lowest BCUT2D eigenvalue weighted by Crippen LogP contribution is -2.52. The third-order valence-corrected chi connectivity index (χ3v) is 9.68. The van der Waals surface area contributed by atoms with Crippen molar-refractivity contribution in [1.82, 2.24) is 24.4 Å². The van der Waals surface area contributed by atoms with Gasteiger partial charge >= 0.3 is 5.97 Å². The second-order valence-corrected chi connectivity index (χ2v) is 12.4. The van der Waals surface area contributed by atoms with E-state index in [1.54, 1.807) is 6.08 Å². The first kappa shape index (κ1) is 28.1. The SMILES string of the molecule is Cc1c(-c2ccccn2)n(C2CCCCC2)c2ccc(C(=O)NC3(c4nc5ccc(/C=C/C(=O)O)cc5n4C)CCC3)cc12. The number of carbonyl (C=O) groups excluding carboxylic acids is 1. The summed E-state index contributed by atoms with van der Waals surface area (Å²) < 4.78 is 4.52. The summed E-state index contributed by atoms with van der Waals surface area (Å²) in [5.74, 6) is -0.267. The van der Waals surface area contributed by atoms with Gasteiger partial charge in [0.05, 0.1) is 28.0 Å². The van der Waals surface area contributed by atoms with Crippen molar-refractivity contribution in [2.24, 2.45) is 7.05 Å². The Bertz CT molecular complexity index is 1920. The fourth-order valence-electron chi connectivity index (χ4n) is 7.28. The molecule has 2 aromatic carbocycles. The van der Waals surface area contributed by atoms with Crippen LogP contribution < -0.4 is 5.32 Å². The highest BCUT2D eigenvalue weighted by Gasteiger charge is 2.44. The molecule has 44 heavy (non-hydrogen) atoms. The summed E-state index contributed by atoms with van der Waals surface area (Å²) >= 11 is 0. The van der Waals surface area contributed by atoms with Crippen molar-refractivity contribution in [1.29, 1.82) is 0 Å². The minimum absolute atomic E-state index is 0.104. The molecule has 0 saturated heterocycles. The zero-order valence-electron chi connectivity index (χ0n) is 25.2. The molecule has 2 aliphatic carbocycles. The summed E-state index contributed by atoms with van der Waals surface area (Å²) in [4.78, 5) is 34.6. The van der Waals surface area contributed by atoms with E-state index < -0.39 is 11.5 Å². The molecular formula is C36H37N5O3. The molecule has 7 rings (SSSR count). The number of aliphatic carboxylic acids is 1. The van der Waals surface area contributed by atoms with Crippen LogP contribution in [0.4, 0.5) is 0 Å². The van der Waals surface area contributed by atoms with Crippen LogP contribution in [-0.2, 0) is 17.4 Å². The number of amides is 1. The number of carboxylic acid groups (broad SMARTS) is 1. The summed E-state index contributed by atoms with van der Waals surface area (Å²) in [6.07, 6.45) is 13.2. The first-order valence-corrected chi connectivity index (χ1v) is 15.6. The number of nitrogens with zero attached hydrogens (tertiary/aromatic N) is 4. The summed E-state index contributed by atoms with van der Waals surface area (Å²) in [5.41, 5.74) is 7.02. The molecule has 3 heterocycles. The van der Waals surface area contributed by atoms with E-state index in [1.807, 2.05) is 60.3 Å². The van der Waals surface area contributed by atoms with Crippen molar-refractivity contribution in [3.05, 3.63) is 89.4 Å². The fourth-order valence-corrected chi connectivity index (χ4v) is 7.28. The number of aryl methyl sites for hydroxylation is 2. The molecule has 0 atom stereocenters. The molecule has 0 bridgehead atoms. The number of rotatable bonds is 7. The Balaban J connectivity index is 1.24. The van der Waals surface area contributed by atoms with Crippen molar-refractivity contribution in [2.75, 3.05) is 0 Å². The van der Waals surface area contributed by atoms with Gasteiger partial charge in [0.15, 0.2) is 0 Å². The van der Waals surface area contributed by atoms with Gasteiger partial charge in [0, 0.05) is 41.8 Å². The standard InChI is InChI=1S/C36H37N5O3/c1-23-27-22-25(14-16-30(27)41(26-9-4-3-5-10-26)33(23)29-11-6-7-20-37-29)34(44)39-36(18-8-19-36)35-38-28-15-12-24(13-17-32(42)43)21-31(28)40(35)2/h6-7,11-17,20-22,26H,3-5,8-10,18-19H2,1-2H3,(H,39,44)(H,42,43)/b17-13+. The van der Waals surface area contributed by atoms with Crippen LogP contribution in [0, 0.1) is 6.92 Å². The normalized spacial score (nSPS) is 16.9. The molecule has 0 unspecified atom stereocenters. The molecule has 2 aliphatic rings. The molecule has 0 radical (unpaired) electrons. The zero-order valence-corrected chi connectivity index (χ0v) is 25.2. The fraction of sp³-hybridized carbons (Fsp3) is 0.333. The topological polar surface area (TPSA) is 102 Å². The molecule has 2 N–H and O–H groups in total. The van der Waals surface area contributed by atoms with Crippen LogP contribution >= 0.6 is 0 Å². The maximum absolute atomic E-state index is 13.9. The van der Waals surface area contributed by atoms with Crippen LogP contribution in [0.2, 0.25) is 0 Å². The Labute approximate surface area is 256 Å². The summed E-state index contributed by atoms with van der Waals surface area (Å²) in [7, 11) is 1.96. The third-order valence-electron chi connectivity index (χ3n) is 9.68. The van der Waals surface area contributed by atoms with Gasteiger partial charge in [-0.05, 0) is 98.7 Å². The first-order chi connectivity index (χ1) is 21.3. The van der Waals surface area contributed by atoms with Crippen molar-refractivity contribution in [3.63, 3.8) is 0 Å². The second-order valence-electron chi connectivity index (χ2n) is 12.4. The average molecular weight is 588 g/mol. The quantitative estimate of drug-likeness (QED) is 0.194. The first-order valence-electron chi connectivity index (χ1n) is 15.6. The predicted molar refractivity (Wildman–Crippen MR) is 172 cm³/mol. The molecule has 0 spiro atoms. The number of hydrogen-bond donors (Lipinski definition) is 2. The van der Waals surface area contributed by atoms with Crippen LogP contribution in [0.3, 0.4) is 0 Å². The van der Waals surface area contributed by atoms with Crippen molar-refractivity contribution in [2.45, 2.75) is 69.9 Å². The van der Waals surface area contributed by atoms with Crippen LogP contribution in [0.15, 0.2) is 66.9 Å². The highest BCUT2D eigenvalue weighted by atomic mass is 16.4. The number of benzene rings is 2. The molecule has 3 aromatic heterocycles. The lowest BCUT2D eigenvalue weighted by Gasteiger charge is -2.41. The van der Waals surface area contributed by atoms with Crippen LogP contribution in [0.25, 0.3) is 39.4 Å². The van der Waals surface area contributed by atoms with Crippen molar-refractivity contribution < 1.29 is 14.7 Å². The Morgan fingerprint density at radius 1 is 1.00 bits per heavy atom. The highest BCUT2D eigenvalue weighted by molar-refractivity contribution is 6.01. The molecule has 224 valence electrons. The van der Waals surface area contributed by atoms with Gasteiger partial charge in [0.25, 0.3) is 5.91 Å². The van der Waals surface area contributed by atoms with E-state index in [2.05, 4.69) is 28.9 Å². The van der Waals surface area contributed by atoms with E-state index in [1.165, 1.54) is 19.3 Å². The average Bonchev–Trinajstić information content (AvgIpc) is 3.51. The van der Waals surface area contributed by atoms with Gasteiger partial charge in [-0.15, -0.1) is 0 Å². The van der Waals surface area contributed by atoms with Crippen LogP contribution in [0.1, 0.15) is 84.7 Å². The Hall–Kier alpha value is -4.72. The molecule has 8 heteroatoms. The van der Waals surface area contributed by atoms with Gasteiger partial charge in [0.2, 0.25) is 0 Å². The molecule has 2 fully saturated rings. The van der Waals surface area contributed by atoms with Crippen LogP contribution in [-0.4, -0.2) is 36.1 Å². The summed E-state index contributed by atoms with van der Waals surface area (Å²) in [6.45, 7) is 2.15. The number of pyridine rings is 1. The molecule has 2 saturated carbocycles.